The fourth-order valence-electron chi connectivity index (χ4n) is 6.81. The van der Waals surface area contributed by atoms with Crippen molar-refractivity contribution in [2.24, 2.45) is 34.5 Å². The molecule has 4 aliphatic carbocycles. The lowest BCUT2D eigenvalue weighted by Gasteiger charge is -2.59. The SMILES string of the molecule is C[C@]12CC=CC[C@@H]1CC[C@H]1[C@H]2CC[C@@]2(C)[C@@H]1CC[C@@H]2O. The van der Waals surface area contributed by atoms with Crippen molar-refractivity contribution in [3.8, 4) is 0 Å². The normalized spacial score (nSPS) is 57.9. The van der Waals surface area contributed by atoms with Gasteiger partial charge in [-0.1, -0.05) is 26.0 Å². The zero-order chi connectivity index (χ0) is 14.0. The standard InChI is InChI=1S/C19H30O/c1-18-11-4-3-5-13(18)6-7-14-15-8-9-17(20)19(15,2)12-10-16(14)18/h3-4,13-17,20H,5-12H2,1-2H3/t13-,14-,15-,16-,17+,18+,19+/m1/s1. The van der Waals surface area contributed by atoms with Gasteiger partial charge in [0.15, 0.2) is 0 Å². The van der Waals surface area contributed by atoms with Crippen molar-refractivity contribution in [2.45, 2.75) is 71.3 Å². The molecule has 3 fully saturated rings. The smallest absolute Gasteiger partial charge is 0.0596 e. The molecular formula is C19H30O. The lowest BCUT2D eigenvalue weighted by molar-refractivity contribution is -0.108. The second-order valence-corrected chi connectivity index (χ2v) is 8.71. The molecule has 0 heterocycles. The molecule has 4 rings (SSSR count). The number of hydrogen-bond acceptors (Lipinski definition) is 1. The van der Waals surface area contributed by atoms with E-state index in [1.54, 1.807) is 0 Å². The topological polar surface area (TPSA) is 20.2 Å². The van der Waals surface area contributed by atoms with Gasteiger partial charge in [0.25, 0.3) is 0 Å². The third-order valence-electron chi connectivity index (χ3n) is 8.16. The first-order valence-corrected chi connectivity index (χ1v) is 8.89. The van der Waals surface area contributed by atoms with Gasteiger partial charge in [-0.05, 0) is 85.9 Å². The lowest BCUT2D eigenvalue weighted by atomic mass is 9.46. The van der Waals surface area contributed by atoms with Crippen molar-refractivity contribution in [2.75, 3.05) is 0 Å². The summed E-state index contributed by atoms with van der Waals surface area (Å²) in [5.41, 5.74) is 0.807. The van der Waals surface area contributed by atoms with Crippen molar-refractivity contribution in [1.82, 2.24) is 0 Å². The summed E-state index contributed by atoms with van der Waals surface area (Å²) in [6, 6.07) is 0. The van der Waals surface area contributed by atoms with E-state index >= 15 is 0 Å². The molecule has 0 aromatic heterocycles. The van der Waals surface area contributed by atoms with Crippen LogP contribution in [0.15, 0.2) is 12.2 Å². The highest BCUT2D eigenvalue weighted by Crippen LogP contribution is 2.65. The third kappa shape index (κ3) is 1.59. The molecular weight excluding hydrogens is 244 g/mol. The van der Waals surface area contributed by atoms with Crippen molar-refractivity contribution in [3.05, 3.63) is 12.2 Å². The summed E-state index contributed by atoms with van der Waals surface area (Å²) in [5.74, 6) is 3.57. The summed E-state index contributed by atoms with van der Waals surface area (Å²) in [6.45, 7) is 4.98. The molecule has 4 aliphatic rings. The van der Waals surface area contributed by atoms with Gasteiger partial charge in [0.2, 0.25) is 0 Å². The predicted molar refractivity (Wildman–Crippen MR) is 82.3 cm³/mol. The molecule has 0 spiro atoms. The van der Waals surface area contributed by atoms with E-state index in [1.165, 1.54) is 44.9 Å². The van der Waals surface area contributed by atoms with E-state index < -0.39 is 0 Å². The maximum absolute atomic E-state index is 10.5. The van der Waals surface area contributed by atoms with Gasteiger partial charge >= 0.3 is 0 Å². The Bertz CT molecular complexity index is 427. The minimum absolute atomic E-state index is 0.0229. The van der Waals surface area contributed by atoms with Crippen LogP contribution in [0.4, 0.5) is 0 Å². The monoisotopic (exact) mass is 274 g/mol. The Balaban J connectivity index is 1.66. The van der Waals surface area contributed by atoms with Crippen LogP contribution < -0.4 is 0 Å². The molecule has 7 atom stereocenters. The van der Waals surface area contributed by atoms with Gasteiger partial charge < -0.3 is 5.11 Å². The van der Waals surface area contributed by atoms with Gasteiger partial charge in [-0.15, -0.1) is 0 Å². The van der Waals surface area contributed by atoms with Gasteiger partial charge in [-0.2, -0.15) is 0 Å². The van der Waals surface area contributed by atoms with Crippen molar-refractivity contribution in [1.29, 1.82) is 0 Å². The zero-order valence-corrected chi connectivity index (χ0v) is 13.1. The average Bonchev–Trinajstić information content (AvgIpc) is 2.74. The summed E-state index contributed by atoms with van der Waals surface area (Å²) in [7, 11) is 0. The van der Waals surface area contributed by atoms with E-state index in [-0.39, 0.29) is 11.5 Å². The molecule has 0 bridgehead atoms. The second-order valence-electron chi connectivity index (χ2n) is 8.71. The number of hydrogen-bond donors (Lipinski definition) is 1. The summed E-state index contributed by atoms with van der Waals surface area (Å²) in [5, 5.41) is 10.5. The Morgan fingerprint density at radius 1 is 0.900 bits per heavy atom. The van der Waals surface area contributed by atoms with Crippen molar-refractivity contribution in [3.63, 3.8) is 0 Å². The maximum Gasteiger partial charge on any atom is 0.0596 e. The largest absolute Gasteiger partial charge is 0.393 e. The van der Waals surface area contributed by atoms with Crippen LogP contribution in [-0.2, 0) is 0 Å². The van der Waals surface area contributed by atoms with Crippen LogP contribution in [-0.4, -0.2) is 11.2 Å². The molecule has 112 valence electrons. The van der Waals surface area contributed by atoms with E-state index in [0.29, 0.717) is 5.41 Å². The summed E-state index contributed by atoms with van der Waals surface area (Å²) in [4.78, 5) is 0. The van der Waals surface area contributed by atoms with Crippen LogP contribution in [0.25, 0.3) is 0 Å². The Hall–Kier alpha value is -0.300. The maximum atomic E-state index is 10.5. The third-order valence-corrected chi connectivity index (χ3v) is 8.16. The number of rotatable bonds is 0. The van der Waals surface area contributed by atoms with E-state index in [0.717, 1.165) is 30.1 Å². The van der Waals surface area contributed by atoms with Crippen LogP contribution >= 0.6 is 0 Å². The molecule has 3 saturated carbocycles. The van der Waals surface area contributed by atoms with Crippen molar-refractivity contribution >= 4 is 0 Å². The van der Waals surface area contributed by atoms with E-state index in [2.05, 4.69) is 26.0 Å². The molecule has 0 aliphatic heterocycles. The van der Waals surface area contributed by atoms with Crippen molar-refractivity contribution < 1.29 is 5.11 Å². The second kappa shape index (κ2) is 4.35. The molecule has 1 heteroatoms. The van der Waals surface area contributed by atoms with Crippen LogP contribution in [0.2, 0.25) is 0 Å². The fraction of sp³-hybridized carbons (Fsp3) is 0.895. The van der Waals surface area contributed by atoms with E-state index in [4.69, 9.17) is 0 Å². The molecule has 1 nitrogen and oxygen atoms in total. The van der Waals surface area contributed by atoms with E-state index in [9.17, 15) is 5.11 Å². The highest BCUT2D eigenvalue weighted by Gasteiger charge is 2.59. The van der Waals surface area contributed by atoms with E-state index in [1.807, 2.05) is 0 Å². The van der Waals surface area contributed by atoms with Crippen LogP contribution in [0, 0.1) is 34.5 Å². The minimum Gasteiger partial charge on any atom is -0.393 e. The van der Waals surface area contributed by atoms with Gasteiger partial charge in [-0.3, -0.25) is 0 Å². The summed E-state index contributed by atoms with van der Waals surface area (Å²) in [6.07, 6.45) is 15.4. The highest BCUT2D eigenvalue weighted by atomic mass is 16.3. The van der Waals surface area contributed by atoms with Gasteiger partial charge in [-0.25, -0.2) is 0 Å². The quantitative estimate of drug-likeness (QED) is 0.642. The summed E-state index contributed by atoms with van der Waals surface area (Å²) >= 11 is 0. The number of aliphatic hydroxyl groups excluding tert-OH is 1. The minimum atomic E-state index is -0.0229. The highest BCUT2D eigenvalue weighted by molar-refractivity contribution is 5.12. The number of fused-ring (bicyclic) bond motifs is 5. The fourth-order valence-corrected chi connectivity index (χ4v) is 6.81. The van der Waals surface area contributed by atoms with Gasteiger partial charge in [0, 0.05) is 0 Å². The molecule has 0 saturated heterocycles. The predicted octanol–water partition coefficient (Wildman–Crippen LogP) is 4.56. The van der Waals surface area contributed by atoms with Crippen LogP contribution in [0.1, 0.15) is 65.2 Å². The molecule has 20 heavy (non-hydrogen) atoms. The molecule has 0 amide bonds. The lowest BCUT2D eigenvalue weighted by Crippen LogP contribution is -2.52. The number of allylic oxidation sites excluding steroid dienone is 2. The number of aliphatic hydroxyl groups is 1. The van der Waals surface area contributed by atoms with Gasteiger partial charge in [0.05, 0.1) is 6.10 Å². The van der Waals surface area contributed by atoms with Gasteiger partial charge in [0.1, 0.15) is 0 Å². The molecule has 0 aromatic carbocycles. The van der Waals surface area contributed by atoms with Crippen LogP contribution in [0.3, 0.4) is 0 Å². The molecule has 0 unspecified atom stereocenters. The first-order chi connectivity index (χ1) is 9.56. The molecule has 0 radical (unpaired) electrons. The molecule has 1 N–H and O–H groups in total. The molecule has 0 aromatic rings. The summed E-state index contributed by atoms with van der Waals surface area (Å²) < 4.78 is 0. The van der Waals surface area contributed by atoms with Crippen LogP contribution in [0.5, 0.6) is 0 Å². The zero-order valence-electron chi connectivity index (χ0n) is 13.1. The Kier molecular flexibility index (Phi) is 2.91. The first kappa shape index (κ1) is 13.4. The Morgan fingerprint density at radius 3 is 2.55 bits per heavy atom. The Morgan fingerprint density at radius 2 is 1.70 bits per heavy atom. The Labute approximate surface area is 123 Å². The first-order valence-electron chi connectivity index (χ1n) is 8.89. The average molecular weight is 274 g/mol.